The number of halogens is 1. The van der Waals surface area contributed by atoms with Crippen LogP contribution in [0.5, 0.6) is 0 Å². The molecule has 4 aromatic carbocycles. The topological polar surface area (TPSA) is 17.1 Å². The molecule has 34 heavy (non-hydrogen) atoms. The molecule has 0 amide bonds. The fourth-order valence-corrected chi connectivity index (χ4v) is 8.88. The number of carbonyl (C=O) groups excluding carboxylic acids is 1. The van der Waals surface area contributed by atoms with Crippen LogP contribution in [0.25, 0.3) is 0 Å². The lowest BCUT2D eigenvalue weighted by Crippen LogP contribution is -2.29. The van der Waals surface area contributed by atoms with Crippen molar-refractivity contribution in [2.45, 2.75) is 18.5 Å². The number of hydrogen-bond donors (Lipinski definition) is 0. The van der Waals surface area contributed by atoms with Crippen LogP contribution in [0.2, 0.25) is 5.02 Å². The van der Waals surface area contributed by atoms with E-state index in [-0.39, 0.29) is 10.9 Å². The first-order chi connectivity index (χ1) is 16.6. The van der Waals surface area contributed by atoms with E-state index < -0.39 is 7.92 Å². The minimum atomic E-state index is -0.642. The third-order valence-electron chi connectivity index (χ3n) is 6.78. The lowest BCUT2D eigenvalue weighted by molar-refractivity contribution is 0.103. The van der Waals surface area contributed by atoms with Crippen LogP contribution in [0.4, 0.5) is 0 Å². The number of Topliss-reactive ketones (excluding diaryl/α,β-unsaturated/α-hetero) is 1. The molecule has 1 heterocycles. The standard InChI is InChI=1S/C31H26ClOP/c1-23(30(33)24-17-19-27(32)20-18-24)29-21-22-34(28-15-9-4-10-16-28)31(29,25-11-5-2-6-12-25)26-13-7-3-8-14-26/h2-20H,21-22H2,1H3. The van der Waals surface area contributed by atoms with Crippen molar-refractivity contribution in [3.63, 3.8) is 0 Å². The van der Waals surface area contributed by atoms with Gasteiger partial charge in [-0.1, -0.05) is 111 Å². The molecular weight excluding hydrogens is 455 g/mol. The third kappa shape index (κ3) is 3.94. The predicted molar refractivity (Wildman–Crippen MR) is 145 cm³/mol. The zero-order valence-corrected chi connectivity index (χ0v) is 20.8. The van der Waals surface area contributed by atoms with Gasteiger partial charge in [0.05, 0.1) is 5.16 Å². The lowest BCUT2D eigenvalue weighted by atomic mass is 9.79. The van der Waals surface area contributed by atoms with Crippen LogP contribution < -0.4 is 5.30 Å². The van der Waals surface area contributed by atoms with E-state index in [0.29, 0.717) is 10.6 Å². The normalized spacial score (nSPS) is 18.5. The van der Waals surface area contributed by atoms with Crippen LogP contribution in [0, 0.1) is 0 Å². The van der Waals surface area contributed by atoms with E-state index >= 15 is 0 Å². The van der Waals surface area contributed by atoms with Crippen LogP contribution in [0.3, 0.4) is 0 Å². The number of carbonyl (C=O) groups is 1. The van der Waals surface area contributed by atoms with E-state index in [1.54, 1.807) is 12.1 Å². The van der Waals surface area contributed by atoms with Gasteiger partial charge in [0.1, 0.15) is 0 Å². The predicted octanol–water partition coefficient (Wildman–Crippen LogP) is 7.99. The number of hydrogen-bond acceptors (Lipinski definition) is 1. The molecule has 0 saturated carbocycles. The van der Waals surface area contributed by atoms with E-state index in [4.69, 9.17) is 11.6 Å². The van der Waals surface area contributed by atoms with Gasteiger partial charge in [-0.05, 0) is 71.3 Å². The van der Waals surface area contributed by atoms with Crippen LogP contribution in [0.15, 0.2) is 126 Å². The van der Waals surface area contributed by atoms with Crippen LogP contribution in [-0.4, -0.2) is 11.9 Å². The molecule has 0 radical (unpaired) electrons. The fraction of sp³-hybridized carbons (Fsp3) is 0.129. The fourth-order valence-electron chi connectivity index (χ4n) is 5.26. The number of benzene rings is 4. The summed E-state index contributed by atoms with van der Waals surface area (Å²) in [6.45, 7) is 2.01. The largest absolute Gasteiger partial charge is 0.289 e. The zero-order chi connectivity index (χ0) is 23.5. The van der Waals surface area contributed by atoms with Gasteiger partial charge in [0, 0.05) is 10.6 Å². The van der Waals surface area contributed by atoms with Gasteiger partial charge in [-0.25, -0.2) is 0 Å². The van der Waals surface area contributed by atoms with Crippen LogP contribution in [0.1, 0.15) is 34.8 Å². The highest BCUT2D eigenvalue weighted by Crippen LogP contribution is 2.69. The van der Waals surface area contributed by atoms with Crippen LogP contribution in [-0.2, 0) is 5.16 Å². The molecular formula is C31H26ClOP. The molecule has 0 N–H and O–H groups in total. The minimum absolute atomic E-state index is 0.0767. The van der Waals surface area contributed by atoms with E-state index in [1.165, 1.54) is 22.0 Å². The summed E-state index contributed by atoms with van der Waals surface area (Å²) in [4.78, 5) is 13.7. The van der Waals surface area contributed by atoms with Gasteiger partial charge in [0.15, 0.2) is 5.78 Å². The second-order valence-electron chi connectivity index (χ2n) is 8.62. The molecule has 1 saturated heterocycles. The Hall–Kier alpha value is -2.99. The smallest absolute Gasteiger partial charge is 0.188 e. The summed E-state index contributed by atoms with van der Waals surface area (Å²) in [6.07, 6.45) is 1.94. The molecule has 0 bridgehead atoms. The SMILES string of the molecule is CC(C(=O)c1ccc(Cl)cc1)=C1CCP(c2ccccc2)C1(c1ccccc1)c1ccccc1. The summed E-state index contributed by atoms with van der Waals surface area (Å²) >= 11 is 6.09. The highest BCUT2D eigenvalue weighted by molar-refractivity contribution is 7.67. The average Bonchev–Trinajstić information content (AvgIpc) is 3.31. The quantitative estimate of drug-likeness (QED) is 0.161. The Morgan fingerprint density at radius 2 is 1.24 bits per heavy atom. The third-order valence-corrected chi connectivity index (χ3v) is 10.2. The van der Waals surface area contributed by atoms with Gasteiger partial charge in [-0.15, -0.1) is 0 Å². The average molecular weight is 481 g/mol. The van der Waals surface area contributed by atoms with Crippen molar-refractivity contribution >= 4 is 30.6 Å². The molecule has 1 unspecified atom stereocenters. The Kier molecular flexibility index (Phi) is 6.50. The molecule has 1 atom stereocenters. The van der Waals surface area contributed by atoms with Gasteiger partial charge in [0.2, 0.25) is 0 Å². The second kappa shape index (κ2) is 9.71. The zero-order valence-electron chi connectivity index (χ0n) is 19.1. The molecule has 0 aromatic heterocycles. The summed E-state index contributed by atoms with van der Waals surface area (Å²) in [5, 5.41) is 1.65. The Morgan fingerprint density at radius 1 is 0.735 bits per heavy atom. The summed E-state index contributed by atoms with van der Waals surface area (Å²) < 4.78 is 0. The maximum Gasteiger partial charge on any atom is 0.188 e. The Morgan fingerprint density at radius 3 is 1.76 bits per heavy atom. The first-order valence-electron chi connectivity index (χ1n) is 11.6. The minimum Gasteiger partial charge on any atom is -0.289 e. The van der Waals surface area contributed by atoms with Crippen molar-refractivity contribution in [2.24, 2.45) is 0 Å². The molecule has 1 aliphatic heterocycles. The van der Waals surface area contributed by atoms with Crippen LogP contribution >= 0.6 is 19.5 Å². The lowest BCUT2D eigenvalue weighted by Gasteiger charge is -2.40. The van der Waals surface area contributed by atoms with Gasteiger partial charge in [0.25, 0.3) is 0 Å². The Balaban J connectivity index is 1.80. The highest BCUT2D eigenvalue weighted by Gasteiger charge is 2.50. The highest BCUT2D eigenvalue weighted by atomic mass is 35.5. The van der Waals surface area contributed by atoms with E-state index in [9.17, 15) is 4.79 Å². The van der Waals surface area contributed by atoms with E-state index in [2.05, 4.69) is 91.0 Å². The van der Waals surface area contributed by atoms with Gasteiger partial charge in [-0.3, -0.25) is 4.79 Å². The van der Waals surface area contributed by atoms with Gasteiger partial charge < -0.3 is 0 Å². The van der Waals surface area contributed by atoms with Crippen molar-refractivity contribution in [1.29, 1.82) is 0 Å². The summed E-state index contributed by atoms with van der Waals surface area (Å²) in [7, 11) is -0.642. The molecule has 1 fully saturated rings. The number of rotatable bonds is 5. The number of allylic oxidation sites excluding steroid dienone is 2. The summed E-state index contributed by atoms with van der Waals surface area (Å²) in [5.41, 5.74) is 5.27. The van der Waals surface area contributed by atoms with Gasteiger partial charge in [-0.2, -0.15) is 0 Å². The molecule has 3 heteroatoms. The molecule has 1 nitrogen and oxygen atoms in total. The maximum atomic E-state index is 13.7. The molecule has 168 valence electrons. The molecule has 4 aromatic rings. The van der Waals surface area contributed by atoms with Crippen molar-refractivity contribution in [3.05, 3.63) is 148 Å². The molecule has 0 spiro atoms. The van der Waals surface area contributed by atoms with Gasteiger partial charge >= 0.3 is 0 Å². The first-order valence-corrected chi connectivity index (χ1v) is 13.5. The van der Waals surface area contributed by atoms with Crippen molar-refractivity contribution in [2.75, 3.05) is 6.16 Å². The summed E-state index contributed by atoms with van der Waals surface area (Å²) in [5.74, 6) is 0.0767. The van der Waals surface area contributed by atoms with Crippen molar-refractivity contribution in [3.8, 4) is 0 Å². The Bertz CT molecular complexity index is 1270. The second-order valence-corrected chi connectivity index (χ2v) is 11.5. The summed E-state index contributed by atoms with van der Waals surface area (Å²) in [6, 6.07) is 39.6. The molecule has 0 aliphatic carbocycles. The van der Waals surface area contributed by atoms with Crippen molar-refractivity contribution < 1.29 is 4.79 Å². The number of ketones is 1. The van der Waals surface area contributed by atoms with E-state index in [1.807, 2.05) is 19.1 Å². The van der Waals surface area contributed by atoms with Crippen molar-refractivity contribution in [1.82, 2.24) is 0 Å². The molecule has 1 aliphatic rings. The maximum absolute atomic E-state index is 13.7. The monoisotopic (exact) mass is 480 g/mol. The Labute approximate surface area is 207 Å². The first kappa shape index (κ1) is 22.8. The van der Waals surface area contributed by atoms with E-state index in [0.717, 1.165) is 18.2 Å². The molecule has 5 rings (SSSR count).